The first-order valence-corrected chi connectivity index (χ1v) is 6.43. The second-order valence-electron chi connectivity index (χ2n) is 3.68. The first kappa shape index (κ1) is 15.9. The number of carboxylic acid groups (broad SMARTS) is 1. The average molecular weight is 300 g/mol. The molecular formula is C11H12N2O6S. The maximum absolute atomic E-state index is 11.5. The standard InChI is InChI=1S/C11H12N2O6S/c14-5-9(11(16)17)12-10(15)6-20-8-3-1-7(2-4-8)13(18)19/h1-4,9,14H,5-6H2,(H,12,15)(H,16,17)/t9-/m0/s1. The van der Waals surface area contributed by atoms with Crippen molar-refractivity contribution in [1.82, 2.24) is 5.32 Å². The minimum atomic E-state index is -1.33. The van der Waals surface area contributed by atoms with Gasteiger partial charge in [-0.1, -0.05) is 0 Å². The van der Waals surface area contributed by atoms with Crippen LogP contribution in [-0.4, -0.2) is 45.4 Å². The predicted molar refractivity (Wildman–Crippen MR) is 70.5 cm³/mol. The van der Waals surface area contributed by atoms with Crippen LogP contribution in [-0.2, 0) is 9.59 Å². The molecule has 1 atom stereocenters. The summed E-state index contributed by atoms with van der Waals surface area (Å²) in [7, 11) is 0. The van der Waals surface area contributed by atoms with Gasteiger partial charge < -0.3 is 15.5 Å². The third kappa shape index (κ3) is 4.86. The van der Waals surface area contributed by atoms with Gasteiger partial charge in [0.15, 0.2) is 0 Å². The fourth-order valence-corrected chi connectivity index (χ4v) is 1.94. The van der Waals surface area contributed by atoms with Gasteiger partial charge in [-0.05, 0) is 12.1 Å². The van der Waals surface area contributed by atoms with Gasteiger partial charge in [0.25, 0.3) is 5.69 Å². The Hall–Kier alpha value is -2.13. The molecule has 1 aromatic rings. The van der Waals surface area contributed by atoms with E-state index in [0.717, 1.165) is 11.8 Å². The molecule has 0 aliphatic rings. The number of carboxylic acids is 1. The van der Waals surface area contributed by atoms with E-state index in [1.165, 1.54) is 24.3 Å². The van der Waals surface area contributed by atoms with E-state index in [4.69, 9.17) is 10.2 Å². The highest BCUT2D eigenvalue weighted by Crippen LogP contribution is 2.21. The molecule has 0 saturated heterocycles. The van der Waals surface area contributed by atoms with Crippen molar-refractivity contribution in [3.63, 3.8) is 0 Å². The molecule has 0 bridgehead atoms. The number of thioether (sulfide) groups is 1. The Morgan fingerprint density at radius 3 is 2.40 bits per heavy atom. The number of hydrogen-bond donors (Lipinski definition) is 3. The molecule has 3 N–H and O–H groups in total. The monoisotopic (exact) mass is 300 g/mol. The van der Waals surface area contributed by atoms with E-state index in [1.54, 1.807) is 0 Å². The molecule has 0 aliphatic heterocycles. The third-order valence-corrected chi connectivity index (χ3v) is 3.25. The maximum atomic E-state index is 11.5. The molecule has 0 unspecified atom stereocenters. The lowest BCUT2D eigenvalue weighted by atomic mass is 10.3. The smallest absolute Gasteiger partial charge is 0.328 e. The normalized spacial score (nSPS) is 11.7. The van der Waals surface area contributed by atoms with Gasteiger partial charge in [0, 0.05) is 17.0 Å². The van der Waals surface area contributed by atoms with Crippen molar-refractivity contribution in [2.75, 3.05) is 12.4 Å². The van der Waals surface area contributed by atoms with Gasteiger partial charge in [0.1, 0.15) is 6.04 Å². The number of nitro groups is 1. The van der Waals surface area contributed by atoms with Crippen LogP contribution in [0.5, 0.6) is 0 Å². The molecule has 0 heterocycles. The number of nitrogens with zero attached hydrogens (tertiary/aromatic N) is 1. The molecule has 1 amide bonds. The number of aliphatic hydroxyl groups excluding tert-OH is 1. The Kier molecular flexibility index (Phi) is 5.94. The van der Waals surface area contributed by atoms with Gasteiger partial charge in [-0.3, -0.25) is 14.9 Å². The first-order chi connectivity index (χ1) is 9.43. The maximum Gasteiger partial charge on any atom is 0.328 e. The van der Waals surface area contributed by atoms with Crippen LogP contribution >= 0.6 is 11.8 Å². The summed E-state index contributed by atoms with van der Waals surface area (Å²) in [5.41, 5.74) is -0.0509. The average Bonchev–Trinajstić information content (AvgIpc) is 2.42. The topological polar surface area (TPSA) is 130 Å². The Morgan fingerprint density at radius 1 is 1.35 bits per heavy atom. The first-order valence-electron chi connectivity index (χ1n) is 5.44. The molecule has 8 nitrogen and oxygen atoms in total. The number of aliphatic hydroxyl groups is 1. The number of non-ortho nitro benzene ring substituents is 1. The van der Waals surface area contributed by atoms with E-state index in [0.29, 0.717) is 4.90 Å². The molecule has 20 heavy (non-hydrogen) atoms. The fraction of sp³-hybridized carbons (Fsp3) is 0.273. The number of benzene rings is 1. The summed E-state index contributed by atoms with van der Waals surface area (Å²) in [5.74, 6) is -1.92. The number of carbonyl (C=O) groups is 2. The molecule has 0 saturated carbocycles. The molecule has 0 fully saturated rings. The summed E-state index contributed by atoms with van der Waals surface area (Å²) in [4.78, 5) is 32.6. The number of aliphatic carboxylic acids is 1. The summed E-state index contributed by atoms with van der Waals surface area (Å²) in [5, 5.41) is 30.0. The summed E-state index contributed by atoms with van der Waals surface area (Å²) < 4.78 is 0. The van der Waals surface area contributed by atoms with E-state index in [9.17, 15) is 19.7 Å². The van der Waals surface area contributed by atoms with Crippen LogP contribution in [0.2, 0.25) is 0 Å². The van der Waals surface area contributed by atoms with Crippen molar-refractivity contribution < 1.29 is 24.7 Å². The lowest BCUT2D eigenvalue weighted by molar-refractivity contribution is -0.384. The number of nitro benzene ring substituents is 1. The highest BCUT2D eigenvalue weighted by Gasteiger charge is 2.18. The minimum Gasteiger partial charge on any atom is -0.480 e. The lowest BCUT2D eigenvalue weighted by Crippen LogP contribution is -2.44. The Balaban J connectivity index is 2.48. The van der Waals surface area contributed by atoms with Crippen molar-refractivity contribution in [2.45, 2.75) is 10.9 Å². The number of amides is 1. The van der Waals surface area contributed by atoms with Gasteiger partial charge in [-0.25, -0.2) is 4.79 Å². The molecule has 9 heteroatoms. The molecule has 1 rings (SSSR count). The van der Waals surface area contributed by atoms with Crippen LogP contribution < -0.4 is 5.32 Å². The summed E-state index contributed by atoms with van der Waals surface area (Å²) in [6.07, 6.45) is 0. The Bertz CT molecular complexity index is 504. The van der Waals surface area contributed by atoms with Crippen LogP contribution in [0.3, 0.4) is 0 Å². The van der Waals surface area contributed by atoms with Crippen LogP contribution in [0.4, 0.5) is 5.69 Å². The Labute approximate surface area is 117 Å². The molecule has 0 aliphatic carbocycles. The molecule has 0 aromatic heterocycles. The number of nitrogens with one attached hydrogen (secondary N) is 1. The molecular weight excluding hydrogens is 288 g/mol. The summed E-state index contributed by atoms with van der Waals surface area (Å²) in [6.45, 7) is -0.691. The van der Waals surface area contributed by atoms with Crippen molar-refractivity contribution in [1.29, 1.82) is 0 Å². The van der Waals surface area contributed by atoms with E-state index >= 15 is 0 Å². The summed E-state index contributed by atoms with van der Waals surface area (Å²) in [6, 6.07) is 4.29. The van der Waals surface area contributed by atoms with Gasteiger partial charge in [-0.15, -0.1) is 11.8 Å². The van der Waals surface area contributed by atoms with Crippen LogP contribution in [0, 0.1) is 10.1 Å². The van der Waals surface area contributed by atoms with Gasteiger partial charge in [-0.2, -0.15) is 0 Å². The fourth-order valence-electron chi connectivity index (χ4n) is 1.23. The van der Waals surface area contributed by atoms with Gasteiger partial charge in [0.2, 0.25) is 5.91 Å². The van der Waals surface area contributed by atoms with E-state index < -0.39 is 29.4 Å². The zero-order valence-corrected chi connectivity index (χ0v) is 11.0. The lowest BCUT2D eigenvalue weighted by Gasteiger charge is -2.11. The molecule has 0 spiro atoms. The van der Waals surface area contributed by atoms with Crippen molar-refractivity contribution in [3.05, 3.63) is 34.4 Å². The van der Waals surface area contributed by atoms with Crippen LogP contribution in [0.1, 0.15) is 0 Å². The largest absolute Gasteiger partial charge is 0.480 e. The minimum absolute atomic E-state index is 0.0509. The highest BCUT2D eigenvalue weighted by molar-refractivity contribution is 8.00. The third-order valence-electron chi connectivity index (χ3n) is 2.23. The van der Waals surface area contributed by atoms with Gasteiger partial charge in [0.05, 0.1) is 17.3 Å². The zero-order valence-electron chi connectivity index (χ0n) is 10.2. The second kappa shape index (κ2) is 7.46. The van der Waals surface area contributed by atoms with E-state index in [1.807, 2.05) is 0 Å². The van der Waals surface area contributed by atoms with Crippen molar-refractivity contribution >= 4 is 29.3 Å². The van der Waals surface area contributed by atoms with E-state index in [2.05, 4.69) is 5.32 Å². The summed E-state index contributed by atoms with van der Waals surface area (Å²) >= 11 is 1.10. The molecule has 0 radical (unpaired) electrons. The van der Waals surface area contributed by atoms with Gasteiger partial charge >= 0.3 is 5.97 Å². The van der Waals surface area contributed by atoms with E-state index in [-0.39, 0.29) is 11.4 Å². The molecule has 108 valence electrons. The Morgan fingerprint density at radius 2 is 1.95 bits per heavy atom. The molecule has 1 aromatic carbocycles. The number of carbonyl (C=O) groups excluding carboxylic acids is 1. The van der Waals surface area contributed by atoms with Crippen LogP contribution in [0.25, 0.3) is 0 Å². The second-order valence-corrected chi connectivity index (χ2v) is 4.73. The zero-order chi connectivity index (χ0) is 15.1. The quantitative estimate of drug-likeness (QED) is 0.374. The van der Waals surface area contributed by atoms with Crippen molar-refractivity contribution in [3.8, 4) is 0 Å². The number of rotatable bonds is 7. The predicted octanol–water partition coefficient (Wildman–Crippen LogP) is 0.249. The van der Waals surface area contributed by atoms with Crippen molar-refractivity contribution in [2.24, 2.45) is 0 Å². The van der Waals surface area contributed by atoms with Crippen LogP contribution in [0.15, 0.2) is 29.2 Å². The SMILES string of the molecule is O=C(CSc1ccc([N+](=O)[O-])cc1)N[C@@H](CO)C(=O)O. The number of hydrogen-bond acceptors (Lipinski definition) is 6. The highest BCUT2D eigenvalue weighted by atomic mass is 32.2.